The van der Waals surface area contributed by atoms with Crippen molar-refractivity contribution in [2.45, 2.75) is 0 Å². The van der Waals surface area contributed by atoms with Gasteiger partial charge in [0.25, 0.3) is 0 Å². The number of hydrogen-bond acceptors (Lipinski definition) is 5. The van der Waals surface area contributed by atoms with Crippen LogP contribution in [0.1, 0.15) is 5.56 Å². The fourth-order valence-corrected chi connectivity index (χ4v) is 1.88. The summed E-state index contributed by atoms with van der Waals surface area (Å²) in [5.41, 5.74) is 1.13. The quantitative estimate of drug-likeness (QED) is 0.720. The highest BCUT2D eigenvalue weighted by Crippen LogP contribution is 2.19. The third kappa shape index (κ3) is 2.22. The Balaban J connectivity index is 2.05. The molecule has 0 aliphatic heterocycles. The fourth-order valence-electron chi connectivity index (χ4n) is 1.69. The molecule has 0 spiro atoms. The lowest BCUT2D eigenvalue weighted by molar-refractivity contribution is 0.699. The molecule has 0 radical (unpaired) electrons. The minimum Gasteiger partial charge on any atom is -0.234 e. The zero-order valence-electron chi connectivity index (χ0n) is 10.1. The molecule has 0 unspecified atom stereocenters. The Kier molecular flexibility index (Phi) is 3.11. The predicted octanol–water partition coefficient (Wildman–Crippen LogP) is 2.25. The molecule has 0 aliphatic carbocycles. The largest absolute Gasteiger partial charge is 0.234 e. The number of rotatable bonds is 2. The minimum absolute atomic E-state index is 0.343. The first-order chi connectivity index (χ1) is 9.78. The second-order valence-electron chi connectivity index (χ2n) is 3.90. The molecule has 0 bridgehead atoms. The van der Waals surface area contributed by atoms with Crippen LogP contribution in [0.15, 0.2) is 42.6 Å². The molecule has 3 rings (SSSR count). The first-order valence-corrected chi connectivity index (χ1v) is 6.07. The van der Waals surface area contributed by atoms with Gasteiger partial charge in [-0.15, -0.1) is 15.0 Å². The summed E-state index contributed by atoms with van der Waals surface area (Å²) in [5, 5.41) is 21.7. The molecule has 6 nitrogen and oxygen atoms in total. The summed E-state index contributed by atoms with van der Waals surface area (Å²) in [5.74, 6) is 0.762. The summed E-state index contributed by atoms with van der Waals surface area (Å²) in [7, 11) is 0. The normalized spacial score (nSPS) is 10.2. The highest BCUT2D eigenvalue weighted by atomic mass is 35.5. The van der Waals surface area contributed by atoms with Gasteiger partial charge >= 0.3 is 0 Å². The van der Waals surface area contributed by atoms with E-state index in [1.165, 1.54) is 4.80 Å². The number of nitriles is 1. The number of hydrogen-bond donors (Lipinski definition) is 0. The van der Waals surface area contributed by atoms with E-state index in [4.69, 9.17) is 16.9 Å². The molecular formula is C13H7ClN6. The van der Waals surface area contributed by atoms with Crippen LogP contribution in [0.2, 0.25) is 5.02 Å². The summed E-state index contributed by atoms with van der Waals surface area (Å²) in [6.07, 6.45) is 1.57. The topological polar surface area (TPSA) is 80.3 Å². The van der Waals surface area contributed by atoms with Crippen molar-refractivity contribution in [3.05, 3.63) is 53.2 Å². The van der Waals surface area contributed by atoms with E-state index < -0.39 is 0 Å². The zero-order chi connectivity index (χ0) is 13.9. The minimum atomic E-state index is 0.343. The van der Waals surface area contributed by atoms with Gasteiger partial charge in [-0.2, -0.15) is 5.26 Å². The van der Waals surface area contributed by atoms with Gasteiger partial charge in [-0.3, -0.25) is 0 Å². The lowest BCUT2D eigenvalue weighted by atomic mass is 10.2. The van der Waals surface area contributed by atoms with Crippen molar-refractivity contribution in [2.24, 2.45) is 0 Å². The smallest absolute Gasteiger partial charge is 0.205 e. The number of benzene rings is 1. The van der Waals surface area contributed by atoms with Gasteiger partial charge in [0.05, 0.1) is 5.56 Å². The molecule has 0 N–H and O–H groups in total. The molecular weight excluding hydrogens is 276 g/mol. The van der Waals surface area contributed by atoms with Gasteiger partial charge in [-0.1, -0.05) is 23.7 Å². The van der Waals surface area contributed by atoms with E-state index in [0.29, 0.717) is 22.2 Å². The third-order valence-electron chi connectivity index (χ3n) is 2.59. The van der Waals surface area contributed by atoms with Gasteiger partial charge in [0.2, 0.25) is 5.82 Å². The molecule has 2 heterocycles. The average molecular weight is 283 g/mol. The van der Waals surface area contributed by atoms with Crippen LogP contribution in [0.4, 0.5) is 0 Å². The van der Waals surface area contributed by atoms with E-state index in [1.54, 1.807) is 36.5 Å². The maximum Gasteiger partial charge on any atom is 0.205 e. The van der Waals surface area contributed by atoms with Gasteiger partial charge in [0, 0.05) is 16.8 Å². The SMILES string of the molecule is N#Cc1cccnc1-n1nnc(-c2cccc(Cl)c2)n1. The van der Waals surface area contributed by atoms with E-state index in [0.717, 1.165) is 5.56 Å². The Labute approximate surface area is 119 Å². The van der Waals surface area contributed by atoms with Crippen molar-refractivity contribution in [3.63, 3.8) is 0 Å². The number of aromatic nitrogens is 5. The van der Waals surface area contributed by atoms with Gasteiger partial charge in [0.1, 0.15) is 6.07 Å². The molecule has 0 atom stereocenters. The highest BCUT2D eigenvalue weighted by Gasteiger charge is 2.11. The molecule has 1 aromatic carbocycles. The fraction of sp³-hybridized carbons (Fsp3) is 0. The monoisotopic (exact) mass is 282 g/mol. The van der Waals surface area contributed by atoms with Crippen LogP contribution in [0.25, 0.3) is 17.2 Å². The highest BCUT2D eigenvalue weighted by molar-refractivity contribution is 6.30. The summed E-state index contributed by atoms with van der Waals surface area (Å²) in [4.78, 5) is 5.32. The maximum atomic E-state index is 9.04. The van der Waals surface area contributed by atoms with Crippen molar-refractivity contribution >= 4 is 11.6 Å². The average Bonchev–Trinajstić information content (AvgIpc) is 2.97. The Morgan fingerprint density at radius 3 is 2.90 bits per heavy atom. The van der Waals surface area contributed by atoms with Gasteiger partial charge in [-0.05, 0) is 29.5 Å². The van der Waals surface area contributed by atoms with Gasteiger partial charge in [-0.25, -0.2) is 4.98 Å². The van der Waals surface area contributed by atoms with E-state index in [1.807, 2.05) is 12.1 Å². The summed E-state index contributed by atoms with van der Waals surface area (Å²) < 4.78 is 0. The second kappa shape index (κ2) is 5.07. The molecule has 3 aromatic rings. The molecule has 0 saturated carbocycles. The van der Waals surface area contributed by atoms with Crippen molar-refractivity contribution in [1.29, 1.82) is 5.26 Å². The first-order valence-electron chi connectivity index (χ1n) is 5.69. The number of pyridine rings is 1. The summed E-state index contributed by atoms with van der Waals surface area (Å²) in [6, 6.07) is 12.5. The summed E-state index contributed by atoms with van der Waals surface area (Å²) in [6.45, 7) is 0. The van der Waals surface area contributed by atoms with E-state index in [9.17, 15) is 0 Å². The zero-order valence-corrected chi connectivity index (χ0v) is 10.9. The molecule has 20 heavy (non-hydrogen) atoms. The van der Waals surface area contributed by atoms with E-state index in [2.05, 4.69) is 20.4 Å². The maximum absolute atomic E-state index is 9.04. The first kappa shape index (κ1) is 12.3. The molecule has 0 aliphatic rings. The molecule has 7 heteroatoms. The van der Waals surface area contributed by atoms with Gasteiger partial charge < -0.3 is 0 Å². The summed E-state index contributed by atoms with van der Waals surface area (Å²) >= 11 is 5.93. The number of tetrazole rings is 1. The number of nitrogens with zero attached hydrogens (tertiary/aromatic N) is 6. The lowest BCUT2D eigenvalue weighted by Crippen LogP contribution is -2.04. The van der Waals surface area contributed by atoms with Crippen LogP contribution in [0.5, 0.6) is 0 Å². The van der Waals surface area contributed by atoms with Crippen LogP contribution in [-0.4, -0.2) is 25.2 Å². The van der Waals surface area contributed by atoms with Crippen LogP contribution in [0, 0.1) is 11.3 Å². The van der Waals surface area contributed by atoms with Crippen LogP contribution < -0.4 is 0 Å². The molecule has 2 aromatic heterocycles. The molecule has 0 saturated heterocycles. The Hall–Kier alpha value is -2.78. The Bertz CT molecular complexity index is 804. The predicted molar refractivity (Wildman–Crippen MR) is 72.1 cm³/mol. The Morgan fingerprint density at radius 1 is 1.20 bits per heavy atom. The van der Waals surface area contributed by atoms with Crippen LogP contribution in [-0.2, 0) is 0 Å². The molecule has 0 fully saturated rings. The van der Waals surface area contributed by atoms with Crippen molar-refractivity contribution in [1.82, 2.24) is 25.2 Å². The third-order valence-corrected chi connectivity index (χ3v) is 2.83. The van der Waals surface area contributed by atoms with Crippen molar-refractivity contribution < 1.29 is 0 Å². The van der Waals surface area contributed by atoms with Crippen LogP contribution >= 0.6 is 11.6 Å². The Morgan fingerprint density at radius 2 is 2.10 bits per heavy atom. The van der Waals surface area contributed by atoms with Crippen LogP contribution in [0.3, 0.4) is 0 Å². The number of halogens is 1. The van der Waals surface area contributed by atoms with E-state index in [-0.39, 0.29) is 0 Å². The second-order valence-corrected chi connectivity index (χ2v) is 4.34. The molecule has 96 valence electrons. The molecule has 0 amide bonds. The van der Waals surface area contributed by atoms with Crippen molar-refractivity contribution in [2.75, 3.05) is 0 Å². The van der Waals surface area contributed by atoms with E-state index >= 15 is 0 Å². The standard InChI is InChI=1S/C13H7ClN6/c14-11-5-1-3-9(7-11)12-17-19-20(18-12)13-10(8-15)4-2-6-16-13/h1-7H. The van der Waals surface area contributed by atoms with Crippen molar-refractivity contribution in [3.8, 4) is 23.3 Å². The lowest BCUT2D eigenvalue weighted by Gasteiger charge is -1.98. The van der Waals surface area contributed by atoms with Gasteiger partial charge in [0.15, 0.2) is 5.82 Å².